The Hall–Kier alpha value is -1.96. The van der Waals surface area contributed by atoms with E-state index in [1.54, 1.807) is 18.0 Å². The Labute approximate surface area is 172 Å². The molecule has 1 aliphatic heterocycles. The van der Waals surface area contributed by atoms with Crippen LogP contribution in [0.2, 0.25) is 0 Å². The van der Waals surface area contributed by atoms with Crippen molar-refractivity contribution in [2.45, 2.75) is 56.6 Å². The van der Waals surface area contributed by atoms with Crippen LogP contribution in [-0.2, 0) is 15.8 Å². The molecule has 0 bridgehead atoms. The predicted molar refractivity (Wildman–Crippen MR) is 108 cm³/mol. The lowest BCUT2D eigenvalue weighted by Crippen LogP contribution is -2.52. The number of hydrogen-bond donors (Lipinski definition) is 1. The Balaban J connectivity index is 1.73. The third kappa shape index (κ3) is 4.97. The number of alkyl halides is 3. The number of amides is 2. The van der Waals surface area contributed by atoms with Gasteiger partial charge in [0.2, 0.25) is 5.91 Å². The Morgan fingerprint density at radius 3 is 2.48 bits per heavy atom. The van der Waals surface area contributed by atoms with Crippen molar-refractivity contribution in [1.29, 1.82) is 0 Å². The first-order valence-electron chi connectivity index (χ1n) is 9.69. The first kappa shape index (κ1) is 21.7. The van der Waals surface area contributed by atoms with Gasteiger partial charge in [0.15, 0.2) is 0 Å². The summed E-state index contributed by atoms with van der Waals surface area (Å²) in [7, 11) is 1.74. The molecule has 2 fully saturated rings. The van der Waals surface area contributed by atoms with E-state index in [0.29, 0.717) is 16.9 Å². The molecule has 3 atom stereocenters. The summed E-state index contributed by atoms with van der Waals surface area (Å²) in [6.07, 6.45) is -0.520. The molecule has 4 nitrogen and oxygen atoms in total. The highest BCUT2D eigenvalue weighted by Crippen LogP contribution is 2.43. The van der Waals surface area contributed by atoms with Gasteiger partial charge < -0.3 is 10.2 Å². The van der Waals surface area contributed by atoms with Crippen LogP contribution in [0.5, 0.6) is 0 Å². The predicted octanol–water partition coefficient (Wildman–Crippen LogP) is 4.31. The van der Waals surface area contributed by atoms with E-state index in [0.717, 1.165) is 25.0 Å². The quantitative estimate of drug-likeness (QED) is 0.733. The van der Waals surface area contributed by atoms with Crippen LogP contribution in [0.25, 0.3) is 6.08 Å². The van der Waals surface area contributed by atoms with Gasteiger partial charge in [0.05, 0.1) is 10.5 Å². The van der Waals surface area contributed by atoms with Crippen molar-refractivity contribution in [2.75, 3.05) is 7.05 Å². The van der Waals surface area contributed by atoms with Gasteiger partial charge in [-0.1, -0.05) is 12.1 Å². The van der Waals surface area contributed by atoms with Crippen molar-refractivity contribution in [3.63, 3.8) is 0 Å². The van der Waals surface area contributed by atoms with E-state index in [1.165, 1.54) is 23.9 Å². The Bertz CT molecular complexity index is 805. The van der Waals surface area contributed by atoms with Crippen molar-refractivity contribution in [3.8, 4) is 0 Å². The highest BCUT2D eigenvalue weighted by atomic mass is 32.2. The van der Waals surface area contributed by atoms with E-state index in [4.69, 9.17) is 0 Å². The maximum absolute atomic E-state index is 12.8. The zero-order chi connectivity index (χ0) is 21.3. The molecule has 2 aliphatic rings. The number of carbonyl (C=O) groups excluding carboxylic acids is 2. The summed E-state index contributed by atoms with van der Waals surface area (Å²) in [6.45, 7) is 3.85. The van der Waals surface area contributed by atoms with E-state index in [2.05, 4.69) is 5.32 Å². The summed E-state index contributed by atoms with van der Waals surface area (Å²) in [5.41, 5.74) is -0.150. The van der Waals surface area contributed by atoms with Crippen LogP contribution in [0, 0.1) is 5.92 Å². The van der Waals surface area contributed by atoms with Crippen molar-refractivity contribution < 1.29 is 22.8 Å². The van der Waals surface area contributed by atoms with Gasteiger partial charge in [-0.2, -0.15) is 13.2 Å². The highest BCUT2D eigenvalue weighted by molar-refractivity contribution is 8.04. The van der Waals surface area contributed by atoms with Gasteiger partial charge in [-0.15, -0.1) is 11.8 Å². The van der Waals surface area contributed by atoms with E-state index in [9.17, 15) is 22.8 Å². The number of likely N-dealkylation sites (N-methyl/N-ethyl adjacent to an activating group) is 1. The molecule has 8 heteroatoms. The number of fused-ring (bicyclic) bond motifs is 1. The summed E-state index contributed by atoms with van der Waals surface area (Å²) in [4.78, 5) is 27.4. The summed E-state index contributed by atoms with van der Waals surface area (Å²) in [5.74, 6) is -0.216. The molecule has 158 valence electrons. The molecule has 0 spiro atoms. The molecule has 1 heterocycles. The number of hydrogen-bond acceptors (Lipinski definition) is 3. The number of carbonyl (C=O) groups is 2. The second-order valence-corrected chi connectivity index (χ2v) is 9.22. The van der Waals surface area contributed by atoms with Gasteiger partial charge in [0, 0.05) is 30.3 Å². The number of halogens is 3. The lowest BCUT2D eigenvalue weighted by Gasteiger charge is -2.44. The van der Waals surface area contributed by atoms with E-state index >= 15 is 0 Å². The second-order valence-electron chi connectivity index (χ2n) is 7.94. The minimum absolute atomic E-state index is 0.0195. The molecular formula is C21H25F3N2O2S. The molecule has 1 aromatic rings. The number of nitrogens with one attached hydrogen (secondary N) is 1. The zero-order valence-electron chi connectivity index (χ0n) is 16.6. The standard InChI is InChI=1S/C21H25F3N2O2S/c1-12(2)25-19(27)14-6-9-17-16(11-14)26(3)20(28)18(29-17)10-13-4-7-15(8-5-13)21(22,23)24/h4-5,7-8,10,12,14,16-17H,6,9,11H2,1-3H3,(H,25,27)/b18-10-. The minimum Gasteiger partial charge on any atom is -0.354 e. The molecular weight excluding hydrogens is 401 g/mol. The van der Waals surface area contributed by atoms with Gasteiger partial charge in [-0.25, -0.2) is 0 Å². The molecule has 1 saturated heterocycles. The van der Waals surface area contributed by atoms with Crippen molar-refractivity contribution in [1.82, 2.24) is 10.2 Å². The van der Waals surface area contributed by atoms with Crippen LogP contribution in [0.4, 0.5) is 13.2 Å². The van der Waals surface area contributed by atoms with Crippen LogP contribution < -0.4 is 5.32 Å². The smallest absolute Gasteiger partial charge is 0.354 e. The fourth-order valence-electron chi connectivity index (χ4n) is 3.86. The molecule has 0 radical (unpaired) electrons. The Morgan fingerprint density at radius 2 is 1.90 bits per heavy atom. The van der Waals surface area contributed by atoms with E-state index in [-0.39, 0.29) is 35.1 Å². The number of benzene rings is 1. The van der Waals surface area contributed by atoms with Crippen LogP contribution in [0.3, 0.4) is 0 Å². The highest BCUT2D eigenvalue weighted by Gasteiger charge is 2.42. The van der Waals surface area contributed by atoms with Crippen molar-refractivity contribution in [3.05, 3.63) is 40.3 Å². The maximum Gasteiger partial charge on any atom is 0.416 e. The van der Waals surface area contributed by atoms with Crippen molar-refractivity contribution in [2.24, 2.45) is 5.92 Å². The topological polar surface area (TPSA) is 49.4 Å². The molecule has 1 N–H and O–H groups in total. The maximum atomic E-state index is 12.8. The lowest BCUT2D eigenvalue weighted by atomic mass is 9.83. The lowest BCUT2D eigenvalue weighted by molar-refractivity contribution is -0.137. The van der Waals surface area contributed by atoms with E-state index < -0.39 is 11.7 Å². The van der Waals surface area contributed by atoms with Gasteiger partial charge >= 0.3 is 6.18 Å². The molecule has 0 aromatic heterocycles. The molecule has 1 saturated carbocycles. The normalized spacial score (nSPS) is 26.6. The fraction of sp³-hybridized carbons (Fsp3) is 0.524. The van der Waals surface area contributed by atoms with Crippen LogP contribution >= 0.6 is 11.8 Å². The van der Waals surface area contributed by atoms with Crippen LogP contribution in [0.15, 0.2) is 29.2 Å². The summed E-state index contributed by atoms with van der Waals surface area (Å²) in [5, 5.41) is 3.13. The average molecular weight is 427 g/mol. The van der Waals surface area contributed by atoms with Crippen LogP contribution in [0.1, 0.15) is 44.2 Å². The SMILES string of the molecule is CC(C)NC(=O)C1CCC2S/C(=C\c3ccc(C(F)(F)F)cc3)C(=O)N(C)C2C1. The monoisotopic (exact) mass is 426 g/mol. The largest absolute Gasteiger partial charge is 0.416 e. The molecule has 3 rings (SSSR count). The second kappa shape index (κ2) is 8.42. The summed E-state index contributed by atoms with van der Waals surface area (Å²) in [6, 6.07) is 4.86. The third-order valence-electron chi connectivity index (χ3n) is 5.40. The fourth-order valence-corrected chi connectivity index (χ4v) is 5.34. The average Bonchev–Trinajstić information content (AvgIpc) is 2.65. The number of rotatable bonds is 3. The Morgan fingerprint density at radius 1 is 1.24 bits per heavy atom. The minimum atomic E-state index is -4.38. The van der Waals surface area contributed by atoms with E-state index in [1.807, 2.05) is 13.8 Å². The number of thioether (sulfide) groups is 1. The summed E-state index contributed by atoms with van der Waals surface area (Å²) < 4.78 is 38.2. The molecule has 3 unspecified atom stereocenters. The van der Waals surface area contributed by atoms with Gasteiger partial charge in [0.25, 0.3) is 5.91 Å². The van der Waals surface area contributed by atoms with Crippen molar-refractivity contribution >= 4 is 29.7 Å². The molecule has 2 amide bonds. The summed E-state index contributed by atoms with van der Waals surface area (Å²) >= 11 is 1.48. The Kier molecular flexibility index (Phi) is 6.31. The third-order valence-corrected chi connectivity index (χ3v) is 6.80. The first-order valence-corrected chi connectivity index (χ1v) is 10.6. The number of nitrogens with zero attached hydrogens (tertiary/aromatic N) is 1. The molecule has 1 aliphatic carbocycles. The van der Waals surface area contributed by atoms with Gasteiger partial charge in [-0.05, 0) is 56.9 Å². The zero-order valence-corrected chi connectivity index (χ0v) is 17.4. The first-order chi connectivity index (χ1) is 13.6. The molecule has 1 aromatic carbocycles. The van der Waals surface area contributed by atoms with Gasteiger partial charge in [-0.3, -0.25) is 9.59 Å². The van der Waals surface area contributed by atoms with Crippen LogP contribution in [-0.4, -0.2) is 41.1 Å². The molecule has 29 heavy (non-hydrogen) atoms. The van der Waals surface area contributed by atoms with Gasteiger partial charge in [0.1, 0.15) is 0 Å².